The molecule has 452 valence electrons. The van der Waals surface area contributed by atoms with Gasteiger partial charge in [-0.2, -0.15) is 0 Å². The van der Waals surface area contributed by atoms with E-state index in [0.717, 1.165) is 109 Å². The van der Waals surface area contributed by atoms with Crippen LogP contribution in [0.1, 0.15) is 278 Å². The number of esters is 1. The summed E-state index contributed by atoms with van der Waals surface area (Å²) in [5.74, 6) is -1.21. The van der Waals surface area contributed by atoms with Crippen molar-refractivity contribution in [2.45, 2.75) is 327 Å². The lowest BCUT2D eigenvalue weighted by atomic mass is 9.99. The van der Waals surface area contributed by atoms with Crippen LogP contribution in [0.5, 0.6) is 0 Å². The van der Waals surface area contributed by atoms with Gasteiger partial charge in [-0.3, -0.25) is 9.59 Å². The molecule has 11 nitrogen and oxygen atoms in total. The van der Waals surface area contributed by atoms with Crippen molar-refractivity contribution < 1.29 is 49.3 Å². The summed E-state index contributed by atoms with van der Waals surface area (Å²) in [7, 11) is 0. The molecule has 0 aromatic heterocycles. The van der Waals surface area contributed by atoms with E-state index < -0.39 is 67.4 Å². The number of nitrogens with one attached hydrogen (secondary N) is 1. The molecular weight excluding hydrogens is 979 g/mol. The minimum absolute atomic E-state index is 0.115. The lowest BCUT2D eigenvalue weighted by Crippen LogP contribution is -2.61. The number of rotatable bonds is 54. The number of allylic oxidation sites excluding steroid dienone is 11. The van der Waals surface area contributed by atoms with Gasteiger partial charge in [0.15, 0.2) is 12.4 Å². The van der Waals surface area contributed by atoms with E-state index in [-0.39, 0.29) is 19.4 Å². The monoisotopic (exact) mass is 1100 g/mol. The highest BCUT2D eigenvalue weighted by molar-refractivity contribution is 5.80. The van der Waals surface area contributed by atoms with E-state index in [1.807, 2.05) is 6.08 Å². The zero-order chi connectivity index (χ0) is 56.8. The maximum Gasteiger partial charge on any atom is 0.306 e. The Morgan fingerprint density at radius 1 is 0.500 bits per heavy atom. The molecule has 0 aliphatic carbocycles. The predicted octanol–water partition coefficient (Wildman–Crippen LogP) is 15.6. The van der Waals surface area contributed by atoms with E-state index in [1.165, 1.54) is 122 Å². The number of hydrogen-bond acceptors (Lipinski definition) is 10. The maximum absolute atomic E-state index is 13.4. The Morgan fingerprint density at radius 3 is 1.37 bits per heavy atom. The number of aliphatic hydroxyl groups is 5. The third-order valence-corrected chi connectivity index (χ3v) is 14.8. The van der Waals surface area contributed by atoms with E-state index in [1.54, 1.807) is 6.08 Å². The van der Waals surface area contributed by atoms with Gasteiger partial charge in [-0.05, 0) is 96.3 Å². The normalized spacial score (nSPS) is 19.4. The average Bonchev–Trinajstić information content (AvgIpc) is 3.44. The Bertz CT molecular complexity index is 1540. The molecule has 1 heterocycles. The average molecular weight is 1100 g/mol. The SMILES string of the molecule is CCCCC/C=C\C/C=C\C/C=C\C/C=C\CCCCCCCCC(O)C(=O)NC(COC1OC(CO)C(O)C(O)C1OC(=O)CCCCCCCCC/C=C\CCCCCC)C(O)/C=C/CCCCCCCCCCCC. The number of unbranched alkanes of at least 4 members (excludes halogenated alkanes) is 30. The van der Waals surface area contributed by atoms with Crippen LogP contribution in [0.2, 0.25) is 0 Å². The molecule has 1 aliphatic heterocycles. The molecule has 8 unspecified atom stereocenters. The molecule has 0 aromatic rings. The molecule has 0 bridgehead atoms. The standard InChI is InChI=1S/C67H119NO10/c1-4-7-10-13-16-19-22-25-27-28-29-30-31-32-33-35-36-39-42-45-48-51-54-60(71)66(75)68-58(59(70)53-50-47-44-41-38-24-21-18-15-12-9-6-3)57-76-67-65(64(74)63(73)61(56-69)77-67)78-62(72)55-52-49-46-43-40-37-34-26-23-20-17-14-11-8-5-2/h16,19-20,23,25,27,29-30,32-33,50,53,58-61,63-65,67,69-71,73-74H,4-15,17-18,21-22,24,26,28,31,34-49,51-52,54-57H2,1-3H3,(H,68,75)/b19-16-,23-20-,27-25-,30-29-,33-32-,53-50+. The van der Waals surface area contributed by atoms with Crippen molar-refractivity contribution in [3.63, 3.8) is 0 Å². The molecular formula is C67H119NO10. The Hall–Kier alpha value is -2.90. The molecule has 78 heavy (non-hydrogen) atoms. The Labute approximate surface area is 477 Å². The summed E-state index contributed by atoms with van der Waals surface area (Å²) in [5, 5.41) is 57.0. The zero-order valence-corrected chi connectivity index (χ0v) is 50.0. The van der Waals surface area contributed by atoms with Crippen LogP contribution < -0.4 is 5.32 Å². The quantitative estimate of drug-likeness (QED) is 0.0195. The Balaban J connectivity index is 2.67. The molecule has 1 aliphatic rings. The van der Waals surface area contributed by atoms with Crippen LogP contribution in [0.15, 0.2) is 72.9 Å². The summed E-state index contributed by atoms with van der Waals surface area (Å²) in [6, 6.07) is -1.03. The summed E-state index contributed by atoms with van der Waals surface area (Å²) < 4.78 is 17.6. The largest absolute Gasteiger partial charge is 0.454 e. The van der Waals surface area contributed by atoms with Gasteiger partial charge in [-0.1, -0.05) is 248 Å². The number of hydrogen-bond donors (Lipinski definition) is 6. The van der Waals surface area contributed by atoms with Crippen LogP contribution in [-0.4, -0.2) is 99.6 Å². The second-order valence-electron chi connectivity index (χ2n) is 22.1. The fourth-order valence-corrected chi connectivity index (χ4v) is 9.69. The molecule has 1 fully saturated rings. The summed E-state index contributed by atoms with van der Waals surface area (Å²) in [6.45, 7) is 5.74. The molecule has 0 radical (unpaired) electrons. The van der Waals surface area contributed by atoms with Crippen LogP contribution in [0.4, 0.5) is 0 Å². The molecule has 0 spiro atoms. The van der Waals surface area contributed by atoms with Crippen molar-refractivity contribution in [1.29, 1.82) is 0 Å². The minimum atomic E-state index is -1.62. The number of amides is 1. The second kappa shape index (κ2) is 54.7. The third kappa shape index (κ3) is 42.0. The zero-order valence-electron chi connectivity index (χ0n) is 50.0. The van der Waals surface area contributed by atoms with Crippen LogP contribution in [-0.2, 0) is 23.8 Å². The maximum atomic E-state index is 13.4. The van der Waals surface area contributed by atoms with Crippen LogP contribution in [0, 0.1) is 0 Å². The topological polar surface area (TPSA) is 175 Å². The van der Waals surface area contributed by atoms with Gasteiger partial charge < -0.3 is 45.1 Å². The fourth-order valence-electron chi connectivity index (χ4n) is 9.69. The van der Waals surface area contributed by atoms with Gasteiger partial charge in [0.1, 0.15) is 24.4 Å². The fraction of sp³-hybridized carbons (Fsp3) is 0.791. The van der Waals surface area contributed by atoms with Gasteiger partial charge in [0.2, 0.25) is 5.91 Å². The molecule has 0 aromatic carbocycles. The first kappa shape index (κ1) is 73.1. The van der Waals surface area contributed by atoms with E-state index in [2.05, 4.69) is 86.8 Å². The number of carbonyl (C=O) groups is 2. The van der Waals surface area contributed by atoms with Crippen LogP contribution >= 0.6 is 0 Å². The summed E-state index contributed by atoms with van der Waals surface area (Å²) in [5.41, 5.74) is 0. The molecule has 8 atom stereocenters. The van der Waals surface area contributed by atoms with Crippen molar-refractivity contribution in [2.75, 3.05) is 13.2 Å². The lowest BCUT2D eigenvalue weighted by Gasteiger charge is -2.41. The minimum Gasteiger partial charge on any atom is -0.454 e. The van der Waals surface area contributed by atoms with Crippen LogP contribution in [0.25, 0.3) is 0 Å². The molecule has 1 rings (SSSR count). The first-order valence-corrected chi connectivity index (χ1v) is 32.2. The highest BCUT2D eigenvalue weighted by Crippen LogP contribution is 2.26. The van der Waals surface area contributed by atoms with Gasteiger partial charge in [0, 0.05) is 6.42 Å². The highest BCUT2D eigenvalue weighted by Gasteiger charge is 2.47. The Morgan fingerprint density at radius 2 is 0.885 bits per heavy atom. The van der Waals surface area contributed by atoms with Gasteiger partial charge in [0.05, 0.1) is 25.4 Å². The van der Waals surface area contributed by atoms with E-state index in [0.29, 0.717) is 12.8 Å². The van der Waals surface area contributed by atoms with Gasteiger partial charge in [-0.25, -0.2) is 0 Å². The predicted molar refractivity (Wildman–Crippen MR) is 324 cm³/mol. The van der Waals surface area contributed by atoms with Crippen molar-refractivity contribution >= 4 is 11.9 Å². The molecule has 1 amide bonds. The first-order chi connectivity index (χ1) is 38.2. The molecule has 1 saturated heterocycles. The first-order valence-electron chi connectivity index (χ1n) is 32.2. The third-order valence-electron chi connectivity index (χ3n) is 14.8. The molecule has 6 N–H and O–H groups in total. The molecule has 0 saturated carbocycles. The summed E-state index contributed by atoms with van der Waals surface area (Å²) in [4.78, 5) is 26.6. The van der Waals surface area contributed by atoms with E-state index in [4.69, 9.17) is 14.2 Å². The Kier molecular flexibility index (Phi) is 51.3. The smallest absolute Gasteiger partial charge is 0.306 e. The van der Waals surface area contributed by atoms with Gasteiger partial charge in [0.25, 0.3) is 0 Å². The lowest BCUT2D eigenvalue weighted by molar-refractivity contribution is -0.305. The summed E-state index contributed by atoms with van der Waals surface area (Å²) >= 11 is 0. The highest BCUT2D eigenvalue weighted by atomic mass is 16.7. The van der Waals surface area contributed by atoms with Crippen molar-refractivity contribution in [1.82, 2.24) is 5.32 Å². The van der Waals surface area contributed by atoms with Crippen molar-refractivity contribution in [3.05, 3.63) is 72.9 Å². The van der Waals surface area contributed by atoms with E-state index in [9.17, 15) is 35.1 Å². The second-order valence-corrected chi connectivity index (χ2v) is 22.1. The van der Waals surface area contributed by atoms with Crippen molar-refractivity contribution in [2.24, 2.45) is 0 Å². The summed E-state index contributed by atoms with van der Waals surface area (Å²) in [6.07, 6.45) is 59.3. The van der Waals surface area contributed by atoms with Gasteiger partial charge in [-0.15, -0.1) is 0 Å². The van der Waals surface area contributed by atoms with Crippen molar-refractivity contribution in [3.8, 4) is 0 Å². The number of ether oxygens (including phenoxy) is 3. The van der Waals surface area contributed by atoms with Gasteiger partial charge >= 0.3 is 5.97 Å². The number of carbonyl (C=O) groups excluding carboxylic acids is 2. The molecule has 11 heteroatoms. The number of aliphatic hydroxyl groups excluding tert-OH is 5. The van der Waals surface area contributed by atoms with Crippen LogP contribution in [0.3, 0.4) is 0 Å². The van der Waals surface area contributed by atoms with E-state index >= 15 is 0 Å².